The normalized spacial score (nSPS) is 11.2. The van der Waals surface area contributed by atoms with Gasteiger partial charge in [0.25, 0.3) is 5.56 Å². The maximum Gasteiger partial charge on any atom is 0.332 e. The van der Waals surface area contributed by atoms with Crippen LogP contribution < -0.4 is 16.6 Å². The predicted octanol–water partition coefficient (Wildman–Crippen LogP) is 2.66. The van der Waals surface area contributed by atoms with E-state index in [2.05, 4.69) is 5.32 Å². The average molecular weight is 375 g/mol. The van der Waals surface area contributed by atoms with Gasteiger partial charge in [-0.3, -0.25) is 18.7 Å². The zero-order valence-corrected chi connectivity index (χ0v) is 15.2. The fourth-order valence-electron chi connectivity index (χ4n) is 2.72. The van der Waals surface area contributed by atoms with Crippen molar-refractivity contribution in [3.63, 3.8) is 0 Å². The Labute approximate surface area is 152 Å². The average Bonchev–Trinajstić information content (AvgIpc) is 3.05. The van der Waals surface area contributed by atoms with Crippen molar-refractivity contribution in [3.8, 4) is 0 Å². The molecule has 1 aromatic carbocycles. The van der Waals surface area contributed by atoms with Crippen LogP contribution in [-0.2, 0) is 17.9 Å². The molecule has 0 saturated carbocycles. The zero-order chi connectivity index (χ0) is 18.8. The van der Waals surface area contributed by atoms with Crippen LogP contribution in [-0.4, -0.2) is 15.0 Å². The Morgan fingerprint density at radius 3 is 2.69 bits per heavy atom. The molecule has 3 aromatic rings. The fraction of sp³-hybridized carbons (Fsp3) is 0.278. The van der Waals surface area contributed by atoms with Crippen LogP contribution in [0, 0.1) is 11.7 Å². The second-order valence-electron chi connectivity index (χ2n) is 6.37. The first-order valence-electron chi connectivity index (χ1n) is 8.13. The van der Waals surface area contributed by atoms with Gasteiger partial charge in [0.15, 0.2) is 0 Å². The van der Waals surface area contributed by atoms with E-state index in [4.69, 9.17) is 0 Å². The molecule has 26 heavy (non-hydrogen) atoms. The minimum atomic E-state index is -0.524. The first kappa shape index (κ1) is 18.1. The number of hydrogen-bond donors (Lipinski definition) is 1. The molecule has 0 saturated heterocycles. The lowest BCUT2D eigenvalue weighted by atomic mass is 10.2. The summed E-state index contributed by atoms with van der Waals surface area (Å²) in [4.78, 5) is 37.7. The first-order chi connectivity index (χ1) is 12.4. The number of anilines is 1. The maximum absolute atomic E-state index is 13.3. The van der Waals surface area contributed by atoms with E-state index in [9.17, 15) is 18.8 Å². The lowest BCUT2D eigenvalue weighted by Crippen LogP contribution is -2.42. The van der Waals surface area contributed by atoms with Gasteiger partial charge >= 0.3 is 5.69 Å². The Balaban J connectivity index is 1.99. The maximum atomic E-state index is 13.3. The second-order valence-corrected chi connectivity index (χ2v) is 7.29. The molecule has 0 unspecified atom stereocenters. The highest BCUT2D eigenvalue weighted by molar-refractivity contribution is 7.17. The van der Waals surface area contributed by atoms with Crippen LogP contribution in [0.15, 0.2) is 45.3 Å². The lowest BCUT2D eigenvalue weighted by molar-refractivity contribution is -0.116. The van der Waals surface area contributed by atoms with Gasteiger partial charge in [-0.05, 0) is 35.6 Å². The van der Waals surface area contributed by atoms with E-state index in [1.54, 1.807) is 17.5 Å². The number of fused-ring (bicyclic) bond motifs is 1. The summed E-state index contributed by atoms with van der Waals surface area (Å²) in [5.74, 6) is -0.835. The number of hydrogen-bond acceptors (Lipinski definition) is 4. The summed E-state index contributed by atoms with van der Waals surface area (Å²) in [6, 6.07) is 7.16. The summed E-state index contributed by atoms with van der Waals surface area (Å²) in [6.45, 7) is 3.83. The molecule has 0 aliphatic carbocycles. The van der Waals surface area contributed by atoms with Gasteiger partial charge < -0.3 is 5.32 Å². The molecule has 3 rings (SSSR count). The molecule has 0 aliphatic rings. The Hall–Kier alpha value is -2.74. The minimum absolute atomic E-state index is 0.104. The third kappa shape index (κ3) is 3.60. The smallest absolute Gasteiger partial charge is 0.324 e. The monoisotopic (exact) mass is 375 g/mol. The van der Waals surface area contributed by atoms with Gasteiger partial charge in [0.1, 0.15) is 17.1 Å². The first-order valence-corrected chi connectivity index (χ1v) is 9.01. The number of carbonyl (C=O) groups excluding carboxylic acids is 1. The van der Waals surface area contributed by atoms with E-state index >= 15 is 0 Å². The fourth-order valence-corrected chi connectivity index (χ4v) is 3.57. The number of nitrogens with zero attached hydrogens (tertiary/aromatic N) is 2. The van der Waals surface area contributed by atoms with Crippen molar-refractivity contribution in [3.05, 3.63) is 62.4 Å². The highest BCUT2D eigenvalue weighted by Crippen LogP contribution is 2.16. The zero-order valence-electron chi connectivity index (χ0n) is 14.4. The van der Waals surface area contributed by atoms with Crippen LogP contribution in [0.4, 0.5) is 10.1 Å². The number of carbonyl (C=O) groups is 1. The molecule has 6 nitrogen and oxygen atoms in total. The molecule has 1 amide bonds. The summed E-state index contributed by atoms with van der Waals surface area (Å²) in [7, 11) is 0. The van der Waals surface area contributed by atoms with Crippen molar-refractivity contribution in [2.24, 2.45) is 5.92 Å². The molecule has 0 bridgehead atoms. The van der Waals surface area contributed by atoms with Gasteiger partial charge in [0, 0.05) is 12.2 Å². The molecule has 2 heterocycles. The van der Waals surface area contributed by atoms with Crippen molar-refractivity contribution in [2.45, 2.75) is 26.9 Å². The molecular formula is C18H18FN3O3S. The Morgan fingerprint density at radius 1 is 1.23 bits per heavy atom. The van der Waals surface area contributed by atoms with Crippen molar-refractivity contribution in [1.82, 2.24) is 9.13 Å². The number of nitrogens with one attached hydrogen (secondary N) is 1. The van der Waals surface area contributed by atoms with E-state index in [-0.39, 0.29) is 24.6 Å². The molecule has 136 valence electrons. The molecule has 8 heteroatoms. The van der Waals surface area contributed by atoms with Crippen molar-refractivity contribution in [1.29, 1.82) is 0 Å². The summed E-state index contributed by atoms with van der Waals surface area (Å²) < 4.78 is 16.1. The minimum Gasteiger partial charge on any atom is -0.324 e. The molecule has 0 radical (unpaired) electrons. The van der Waals surface area contributed by atoms with Crippen LogP contribution in [0.3, 0.4) is 0 Å². The van der Waals surface area contributed by atoms with Gasteiger partial charge in [-0.1, -0.05) is 19.9 Å². The lowest BCUT2D eigenvalue weighted by Gasteiger charge is -2.13. The summed E-state index contributed by atoms with van der Waals surface area (Å²) in [5, 5.41) is 4.28. The van der Waals surface area contributed by atoms with Crippen LogP contribution in [0.5, 0.6) is 0 Å². The van der Waals surface area contributed by atoms with E-state index in [0.717, 1.165) is 0 Å². The van der Waals surface area contributed by atoms with Crippen molar-refractivity contribution < 1.29 is 9.18 Å². The molecular weight excluding hydrogens is 357 g/mol. The van der Waals surface area contributed by atoms with E-state index in [0.29, 0.717) is 15.9 Å². The van der Waals surface area contributed by atoms with E-state index in [1.807, 2.05) is 13.8 Å². The van der Waals surface area contributed by atoms with Crippen LogP contribution in [0.2, 0.25) is 0 Å². The third-order valence-corrected chi connectivity index (χ3v) is 4.69. The number of benzene rings is 1. The molecule has 0 spiro atoms. The van der Waals surface area contributed by atoms with Gasteiger partial charge in [0.2, 0.25) is 5.91 Å². The van der Waals surface area contributed by atoms with Crippen LogP contribution >= 0.6 is 11.3 Å². The van der Waals surface area contributed by atoms with Crippen molar-refractivity contribution in [2.75, 3.05) is 5.32 Å². The number of amides is 1. The molecule has 0 atom stereocenters. The highest BCUT2D eigenvalue weighted by Gasteiger charge is 2.17. The van der Waals surface area contributed by atoms with Crippen LogP contribution in [0.1, 0.15) is 13.8 Å². The SMILES string of the molecule is CC(C)Cn1c(=O)c2sccc2n(CC(=O)Nc2cccc(F)c2)c1=O. The number of thiophene rings is 1. The van der Waals surface area contributed by atoms with E-state index < -0.39 is 17.4 Å². The largest absolute Gasteiger partial charge is 0.332 e. The Kier molecular flexibility index (Phi) is 5.03. The third-order valence-electron chi connectivity index (χ3n) is 3.79. The highest BCUT2D eigenvalue weighted by atomic mass is 32.1. The van der Waals surface area contributed by atoms with Crippen molar-refractivity contribution >= 4 is 33.1 Å². The topological polar surface area (TPSA) is 73.1 Å². The standard InChI is InChI=1S/C18H18FN3O3S/c1-11(2)9-22-17(24)16-14(6-7-26-16)21(18(22)25)10-15(23)20-13-5-3-4-12(19)8-13/h3-8,11H,9-10H2,1-2H3,(H,20,23). The second kappa shape index (κ2) is 7.25. The van der Waals surface area contributed by atoms with Crippen LogP contribution in [0.25, 0.3) is 10.2 Å². The summed E-state index contributed by atoms with van der Waals surface area (Å²) >= 11 is 1.24. The quantitative estimate of drug-likeness (QED) is 0.745. The summed E-state index contributed by atoms with van der Waals surface area (Å²) in [5.41, 5.74) is -0.126. The van der Waals surface area contributed by atoms with Gasteiger partial charge in [0.05, 0.1) is 5.52 Å². The molecule has 0 aliphatic heterocycles. The van der Waals surface area contributed by atoms with E-state index in [1.165, 1.54) is 38.7 Å². The Morgan fingerprint density at radius 2 is 2.00 bits per heavy atom. The van der Waals surface area contributed by atoms with Gasteiger partial charge in [-0.15, -0.1) is 11.3 Å². The number of rotatable bonds is 5. The molecule has 2 aromatic heterocycles. The van der Waals surface area contributed by atoms with Gasteiger partial charge in [-0.25, -0.2) is 9.18 Å². The van der Waals surface area contributed by atoms with Gasteiger partial charge in [-0.2, -0.15) is 0 Å². The predicted molar refractivity (Wildman–Crippen MR) is 100 cm³/mol. The molecule has 1 N–H and O–H groups in total. The molecule has 0 fully saturated rings. The Bertz CT molecular complexity index is 1080. The number of aromatic nitrogens is 2. The summed E-state index contributed by atoms with van der Waals surface area (Å²) in [6.07, 6.45) is 0. The number of halogens is 1.